The van der Waals surface area contributed by atoms with E-state index in [4.69, 9.17) is 0 Å². The van der Waals surface area contributed by atoms with Crippen LogP contribution in [0, 0.1) is 12.7 Å². The molecule has 0 saturated heterocycles. The van der Waals surface area contributed by atoms with E-state index in [1.807, 2.05) is 13.0 Å². The van der Waals surface area contributed by atoms with Crippen molar-refractivity contribution in [3.8, 4) is 11.4 Å². The quantitative estimate of drug-likeness (QED) is 0.885. The number of aromatic nitrogens is 2. The van der Waals surface area contributed by atoms with E-state index in [-0.39, 0.29) is 5.82 Å². The zero-order chi connectivity index (χ0) is 12.4. The highest BCUT2D eigenvalue weighted by Gasteiger charge is 2.12. The third-order valence-electron chi connectivity index (χ3n) is 2.54. The molecule has 0 spiro atoms. The van der Waals surface area contributed by atoms with E-state index in [2.05, 4.69) is 4.98 Å². The van der Waals surface area contributed by atoms with Gasteiger partial charge in [-0.3, -0.25) is 0 Å². The summed E-state index contributed by atoms with van der Waals surface area (Å²) in [6.45, 7) is 3.94. The van der Waals surface area contributed by atoms with Gasteiger partial charge in [0.2, 0.25) is 0 Å². The van der Waals surface area contributed by atoms with Gasteiger partial charge in [0.25, 0.3) is 0 Å². The van der Waals surface area contributed by atoms with Crippen LogP contribution in [0.1, 0.15) is 12.5 Å². The summed E-state index contributed by atoms with van der Waals surface area (Å²) in [5.41, 5.74) is 1.33. The lowest BCUT2D eigenvalue weighted by molar-refractivity contribution is 0.174. The molecule has 1 atom stereocenters. The smallest absolute Gasteiger partial charge is 0.142 e. The van der Waals surface area contributed by atoms with Crippen LogP contribution in [-0.2, 0) is 6.54 Å². The molecule has 1 aromatic carbocycles. The normalized spacial score (nSPS) is 12.7. The molecule has 0 aliphatic carbocycles. The molecule has 0 bridgehead atoms. The van der Waals surface area contributed by atoms with Crippen LogP contribution in [0.15, 0.2) is 30.6 Å². The van der Waals surface area contributed by atoms with Gasteiger partial charge >= 0.3 is 0 Å². The van der Waals surface area contributed by atoms with Crippen LogP contribution in [-0.4, -0.2) is 20.8 Å². The minimum absolute atomic E-state index is 0.289. The van der Waals surface area contributed by atoms with Gasteiger partial charge in [0.15, 0.2) is 0 Å². The highest BCUT2D eigenvalue weighted by Crippen LogP contribution is 2.22. The summed E-state index contributed by atoms with van der Waals surface area (Å²) in [5.74, 6) is 0.256. The fraction of sp³-hybridized carbons (Fsp3) is 0.308. The largest absolute Gasteiger partial charge is 0.392 e. The Bertz CT molecular complexity index is 520. The molecular formula is C13H15FN2O. The number of hydrogen-bond donors (Lipinski definition) is 1. The molecular weight excluding hydrogens is 219 g/mol. The number of aryl methyl sites for hydroxylation is 1. The number of aliphatic hydroxyl groups is 1. The number of rotatable bonds is 3. The summed E-state index contributed by atoms with van der Waals surface area (Å²) < 4.78 is 15.6. The number of imidazole rings is 1. The third kappa shape index (κ3) is 2.53. The molecule has 0 amide bonds. The highest BCUT2D eigenvalue weighted by atomic mass is 19.1. The van der Waals surface area contributed by atoms with E-state index in [0.29, 0.717) is 17.9 Å². The predicted octanol–water partition coefficient (Wildman–Crippen LogP) is 2.38. The third-order valence-corrected chi connectivity index (χ3v) is 2.54. The van der Waals surface area contributed by atoms with Crippen molar-refractivity contribution in [2.45, 2.75) is 26.5 Å². The van der Waals surface area contributed by atoms with Crippen molar-refractivity contribution in [3.63, 3.8) is 0 Å². The molecule has 0 radical (unpaired) electrons. The summed E-state index contributed by atoms with van der Waals surface area (Å²) in [7, 11) is 0. The second-order valence-electron chi connectivity index (χ2n) is 4.24. The fourth-order valence-corrected chi connectivity index (χ4v) is 1.79. The first-order valence-corrected chi connectivity index (χ1v) is 5.53. The van der Waals surface area contributed by atoms with Crippen molar-refractivity contribution in [1.82, 2.24) is 9.55 Å². The van der Waals surface area contributed by atoms with Crippen molar-refractivity contribution in [2.75, 3.05) is 0 Å². The summed E-state index contributed by atoms with van der Waals surface area (Å²) in [6, 6.07) is 5.04. The van der Waals surface area contributed by atoms with Crippen LogP contribution < -0.4 is 0 Å². The Balaban J connectivity index is 2.42. The Morgan fingerprint density at radius 1 is 1.47 bits per heavy atom. The fourth-order valence-electron chi connectivity index (χ4n) is 1.79. The molecule has 3 nitrogen and oxygen atoms in total. The van der Waals surface area contributed by atoms with Gasteiger partial charge in [-0.25, -0.2) is 9.37 Å². The van der Waals surface area contributed by atoms with Crippen LogP contribution in [0.4, 0.5) is 4.39 Å². The first-order chi connectivity index (χ1) is 8.08. The Morgan fingerprint density at radius 3 is 2.88 bits per heavy atom. The molecule has 0 unspecified atom stereocenters. The molecule has 0 aliphatic heterocycles. The van der Waals surface area contributed by atoms with Gasteiger partial charge in [-0.1, -0.05) is 6.07 Å². The van der Waals surface area contributed by atoms with E-state index in [0.717, 1.165) is 5.56 Å². The molecule has 1 heterocycles. The Hall–Kier alpha value is -1.68. The molecule has 4 heteroatoms. The van der Waals surface area contributed by atoms with Gasteiger partial charge in [0.1, 0.15) is 11.6 Å². The van der Waals surface area contributed by atoms with Crippen molar-refractivity contribution in [3.05, 3.63) is 42.0 Å². The molecule has 17 heavy (non-hydrogen) atoms. The first kappa shape index (κ1) is 11.8. The van der Waals surface area contributed by atoms with Crippen LogP contribution in [0.5, 0.6) is 0 Å². The average Bonchev–Trinajstić information content (AvgIpc) is 2.65. The molecule has 90 valence electrons. The standard InChI is InChI=1S/C13H15FN2O/c1-9-3-4-11(12(14)7-9)13-15-5-6-16(13)8-10(2)17/h3-7,10,17H,8H2,1-2H3/t10-/m0/s1. The Morgan fingerprint density at radius 2 is 2.24 bits per heavy atom. The SMILES string of the molecule is Cc1ccc(-c2nccn2C[C@H](C)O)c(F)c1. The first-order valence-electron chi connectivity index (χ1n) is 5.53. The van der Waals surface area contributed by atoms with Gasteiger partial charge in [-0.2, -0.15) is 0 Å². The summed E-state index contributed by atoms with van der Waals surface area (Å²) >= 11 is 0. The van der Waals surface area contributed by atoms with Crippen LogP contribution in [0.2, 0.25) is 0 Å². The molecule has 0 aliphatic rings. The predicted molar refractivity (Wildman–Crippen MR) is 64.0 cm³/mol. The van der Waals surface area contributed by atoms with Crippen molar-refractivity contribution >= 4 is 0 Å². The molecule has 0 fully saturated rings. The van der Waals surface area contributed by atoms with Crippen LogP contribution >= 0.6 is 0 Å². The second-order valence-corrected chi connectivity index (χ2v) is 4.24. The zero-order valence-electron chi connectivity index (χ0n) is 9.89. The van der Waals surface area contributed by atoms with Gasteiger partial charge < -0.3 is 9.67 Å². The van der Waals surface area contributed by atoms with Gasteiger partial charge in [-0.15, -0.1) is 0 Å². The maximum atomic E-state index is 13.8. The Labute approximate surface area is 99.5 Å². The lowest BCUT2D eigenvalue weighted by Crippen LogP contribution is -2.12. The molecule has 1 N–H and O–H groups in total. The number of benzene rings is 1. The van der Waals surface area contributed by atoms with Crippen molar-refractivity contribution in [2.24, 2.45) is 0 Å². The van der Waals surface area contributed by atoms with Gasteiger partial charge in [-0.05, 0) is 31.5 Å². The van der Waals surface area contributed by atoms with Crippen molar-refractivity contribution in [1.29, 1.82) is 0 Å². The second kappa shape index (κ2) is 4.67. The monoisotopic (exact) mass is 234 g/mol. The summed E-state index contributed by atoms with van der Waals surface area (Å²) in [4.78, 5) is 4.14. The zero-order valence-corrected chi connectivity index (χ0v) is 9.89. The van der Waals surface area contributed by atoms with Gasteiger partial charge in [0, 0.05) is 18.9 Å². The average molecular weight is 234 g/mol. The lowest BCUT2D eigenvalue weighted by atomic mass is 10.1. The maximum Gasteiger partial charge on any atom is 0.142 e. The highest BCUT2D eigenvalue weighted by molar-refractivity contribution is 5.57. The Kier molecular flexibility index (Phi) is 3.24. The van der Waals surface area contributed by atoms with E-state index < -0.39 is 6.10 Å². The number of hydrogen-bond acceptors (Lipinski definition) is 2. The molecule has 0 saturated carbocycles. The van der Waals surface area contributed by atoms with Crippen LogP contribution in [0.3, 0.4) is 0 Å². The minimum Gasteiger partial charge on any atom is -0.392 e. The maximum absolute atomic E-state index is 13.8. The van der Waals surface area contributed by atoms with E-state index in [9.17, 15) is 9.50 Å². The number of halogens is 1. The summed E-state index contributed by atoms with van der Waals surface area (Å²) in [5, 5.41) is 9.37. The lowest BCUT2D eigenvalue weighted by Gasteiger charge is -2.10. The molecule has 2 rings (SSSR count). The van der Waals surface area contributed by atoms with Crippen molar-refractivity contribution < 1.29 is 9.50 Å². The minimum atomic E-state index is -0.489. The van der Waals surface area contributed by atoms with E-state index in [1.165, 1.54) is 6.07 Å². The topological polar surface area (TPSA) is 38.0 Å². The summed E-state index contributed by atoms with van der Waals surface area (Å²) in [6.07, 6.45) is 2.86. The van der Waals surface area contributed by atoms with Gasteiger partial charge in [0.05, 0.1) is 11.7 Å². The van der Waals surface area contributed by atoms with Crippen LogP contribution in [0.25, 0.3) is 11.4 Å². The number of nitrogens with zero attached hydrogens (tertiary/aromatic N) is 2. The number of aliphatic hydroxyl groups excluding tert-OH is 1. The van der Waals surface area contributed by atoms with E-state index in [1.54, 1.807) is 30.0 Å². The van der Waals surface area contributed by atoms with E-state index >= 15 is 0 Å². The molecule has 1 aromatic heterocycles. The molecule has 2 aromatic rings.